The van der Waals surface area contributed by atoms with E-state index in [0.29, 0.717) is 12.0 Å². The van der Waals surface area contributed by atoms with Gasteiger partial charge in [0.05, 0.1) is 0 Å². The number of rotatable bonds is 9. The third kappa shape index (κ3) is 6.54. The average Bonchev–Trinajstić information content (AvgIpc) is 2.27. The summed E-state index contributed by atoms with van der Waals surface area (Å²) in [4.78, 5) is 0. The molecule has 2 nitrogen and oxygen atoms in total. The number of nitrogens with one attached hydrogen (secondary N) is 1. The molecule has 0 bridgehead atoms. The molecule has 0 saturated carbocycles. The molecule has 0 heterocycles. The lowest BCUT2D eigenvalue weighted by atomic mass is 9.89. The van der Waals surface area contributed by atoms with Crippen LogP contribution in [0.4, 0.5) is 0 Å². The first-order chi connectivity index (χ1) is 7.29. The molecule has 0 rings (SSSR count). The molecule has 0 radical (unpaired) electrons. The number of terminal acetylenes is 1. The zero-order valence-electron chi connectivity index (χ0n) is 10.3. The fraction of sp³-hybridized carbons (Fsp3) is 0.846. The molecule has 15 heavy (non-hydrogen) atoms. The first kappa shape index (κ1) is 14.5. The van der Waals surface area contributed by atoms with Gasteiger partial charge in [-0.3, -0.25) is 11.3 Å². The van der Waals surface area contributed by atoms with Gasteiger partial charge in [0.1, 0.15) is 0 Å². The molecule has 3 N–H and O–H groups in total. The molecule has 0 aromatic carbocycles. The predicted molar refractivity (Wildman–Crippen MR) is 67.1 cm³/mol. The second-order valence-electron chi connectivity index (χ2n) is 4.18. The van der Waals surface area contributed by atoms with Crippen LogP contribution in [0.25, 0.3) is 0 Å². The van der Waals surface area contributed by atoms with Crippen LogP contribution in [0.5, 0.6) is 0 Å². The summed E-state index contributed by atoms with van der Waals surface area (Å²) >= 11 is 0. The lowest BCUT2D eigenvalue weighted by Gasteiger charge is -2.25. The van der Waals surface area contributed by atoms with Crippen LogP contribution in [0.3, 0.4) is 0 Å². The Kier molecular flexibility index (Phi) is 9.67. The molecule has 0 saturated heterocycles. The highest BCUT2D eigenvalue weighted by molar-refractivity contribution is 4.84. The standard InChI is InChI=1S/C13H26N2/c1-4-7-9-11-13(15-14)12(6-3)10-8-5-2/h1,12-13,15H,5-11,14H2,2-3H3. The summed E-state index contributed by atoms with van der Waals surface area (Å²) in [6, 6.07) is 0.440. The number of hydrogen-bond donors (Lipinski definition) is 2. The summed E-state index contributed by atoms with van der Waals surface area (Å²) in [7, 11) is 0. The van der Waals surface area contributed by atoms with Crippen molar-refractivity contribution in [2.45, 2.75) is 64.8 Å². The first-order valence-electron chi connectivity index (χ1n) is 6.19. The Morgan fingerprint density at radius 3 is 2.47 bits per heavy atom. The maximum atomic E-state index is 5.60. The highest BCUT2D eigenvalue weighted by Crippen LogP contribution is 2.20. The summed E-state index contributed by atoms with van der Waals surface area (Å²) in [6.45, 7) is 4.47. The van der Waals surface area contributed by atoms with Crippen molar-refractivity contribution < 1.29 is 0 Å². The van der Waals surface area contributed by atoms with Gasteiger partial charge in [0, 0.05) is 12.5 Å². The number of nitrogens with two attached hydrogens (primary N) is 1. The van der Waals surface area contributed by atoms with Crippen LogP contribution >= 0.6 is 0 Å². The van der Waals surface area contributed by atoms with Crippen molar-refractivity contribution in [1.29, 1.82) is 0 Å². The molecule has 0 aromatic rings. The molecule has 0 aliphatic rings. The molecular formula is C13H26N2. The Bertz CT molecular complexity index is 172. The van der Waals surface area contributed by atoms with Gasteiger partial charge in [0.25, 0.3) is 0 Å². The fourth-order valence-electron chi connectivity index (χ4n) is 2.04. The lowest BCUT2D eigenvalue weighted by Crippen LogP contribution is -2.40. The predicted octanol–water partition coefficient (Wildman–Crippen LogP) is 2.84. The van der Waals surface area contributed by atoms with Crippen LogP contribution in [0.2, 0.25) is 0 Å². The van der Waals surface area contributed by atoms with Gasteiger partial charge in [0.15, 0.2) is 0 Å². The quantitative estimate of drug-likeness (QED) is 0.266. The Morgan fingerprint density at radius 2 is 2.00 bits per heavy atom. The SMILES string of the molecule is C#CCCCC(NN)C(CC)CCCC. The fourth-order valence-corrected chi connectivity index (χ4v) is 2.04. The summed E-state index contributed by atoms with van der Waals surface area (Å²) in [5.74, 6) is 8.98. The van der Waals surface area contributed by atoms with Gasteiger partial charge in [-0.1, -0.05) is 33.1 Å². The van der Waals surface area contributed by atoms with E-state index in [2.05, 4.69) is 25.2 Å². The topological polar surface area (TPSA) is 38.0 Å². The van der Waals surface area contributed by atoms with Gasteiger partial charge in [-0.2, -0.15) is 0 Å². The van der Waals surface area contributed by atoms with Crippen LogP contribution in [-0.4, -0.2) is 6.04 Å². The maximum absolute atomic E-state index is 5.60. The van der Waals surface area contributed by atoms with E-state index < -0.39 is 0 Å². The van der Waals surface area contributed by atoms with Gasteiger partial charge >= 0.3 is 0 Å². The Hall–Kier alpha value is -0.520. The Balaban J connectivity index is 3.92. The number of hydrazine groups is 1. The van der Waals surface area contributed by atoms with E-state index in [0.717, 1.165) is 19.3 Å². The summed E-state index contributed by atoms with van der Waals surface area (Å²) in [5, 5.41) is 0. The summed E-state index contributed by atoms with van der Waals surface area (Å²) < 4.78 is 0. The van der Waals surface area contributed by atoms with E-state index in [1.54, 1.807) is 0 Å². The number of unbranched alkanes of at least 4 members (excludes halogenated alkanes) is 2. The maximum Gasteiger partial charge on any atom is 0.0239 e. The average molecular weight is 210 g/mol. The highest BCUT2D eigenvalue weighted by Gasteiger charge is 2.17. The second-order valence-corrected chi connectivity index (χ2v) is 4.18. The normalized spacial score (nSPS) is 14.5. The van der Waals surface area contributed by atoms with E-state index in [1.165, 1.54) is 25.7 Å². The van der Waals surface area contributed by atoms with Crippen LogP contribution in [0.15, 0.2) is 0 Å². The summed E-state index contributed by atoms with van der Waals surface area (Å²) in [5.41, 5.74) is 2.95. The van der Waals surface area contributed by atoms with Crippen molar-refractivity contribution in [2.75, 3.05) is 0 Å². The molecule has 0 amide bonds. The molecule has 0 aliphatic heterocycles. The van der Waals surface area contributed by atoms with Crippen molar-refractivity contribution in [1.82, 2.24) is 5.43 Å². The van der Waals surface area contributed by atoms with E-state index in [1.807, 2.05) is 0 Å². The molecule has 2 heteroatoms. The molecule has 88 valence electrons. The molecule has 2 atom stereocenters. The van der Waals surface area contributed by atoms with E-state index >= 15 is 0 Å². The molecule has 0 spiro atoms. The van der Waals surface area contributed by atoms with Gasteiger partial charge in [-0.05, 0) is 25.2 Å². The molecule has 2 unspecified atom stereocenters. The number of hydrogen-bond acceptors (Lipinski definition) is 2. The molecule has 0 fully saturated rings. The molecule has 0 aliphatic carbocycles. The molecular weight excluding hydrogens is 184 g/mol. The van der Waals surface area contributed by atoms with Crippen LogP contribution in [0.1, 0.15) is 58.8 Å². The minimum absolute atomic E-state index is 0.440. The monoisotopic (exact) mass is 210 g/mol. The van der Waals surface area contributed by atoms with Crippen molar-refractivity contribution in [3.8, 4) is 12.3 Å². The van der Waals surface area contributed by atoms with Crippen molar-refractivity contribution in [3.05, 3.63) is 0 Å². The van der Waals surface area contributed by atoms with E-state index in [-0.39, 0.29) is 0 Å². The smallest absolute Gasteiger partial charge is 0.0239 e. The first-order valence-corrected chi connectivity index (χ1v) is 6.19. The lowest BCUT2D eigenvalue weighted by molar-refractivity contribution is 0.302. The van der Waals surface area contributed by atoms with Crippen LogP contribution in [0, 0.1) is 18.3 Å². The summed E-state index contributed by atoms with van der Waals surface area (Å²) in [6.07, 6.45) is 13.3. The van der Waals surface area contributed by atoms with E-state index in [4.69, 9.17) is 12.3 Å². The van der Waals surface area contributed by atoms with Gasteiger partial charge < -0.3 is 0 Å². The Morgan fingerprint density at radius 1 is 1.27 bits per heavy atom. The zero-order chi connectivity index (χ0) is 11.5. The van der Waals surface area contributed by atoms with Crippen molar-refractivity contribution in [3.63, 3.8) is 0 Å². The van der Waals surface area contributed by atoms with Gasteiger partial charge in [0.2, 0.25) is 0 Å². The minimum atomic E-state index is 0.440. The molecule has 0 aromatic heterocycles. The van der Waals surface area contributed by atoms with Crippen LogP contribution < -0.4 is 11.3 Å². The zero-order valence-corrected chi connectivity index (χ0v) is 10.3. The third-order valence-electron chi connectivity index (χ3n) is 3.07. The third-order valence-corrected chi connectivity index (χ3v) is 3.07. The van der Waals surface area contributed by atoms with Gasteiger partial charge in [-0.25, -0.2) is 0 Å². The van der Waals surface area contributed by atoms with Crippen molar-refractivity contribution >= 4 is 0 Å². The van der Waals surface area contributed by atoms with Crippen LogP contribution in [-0.2, 0) is 0 Å². The van der Waals surface area contributed by atoms with Crippen molar-refractivity contribution in [2.24, 2.45) is 11.8 Å². The largest absolute Gasteiger partial charge is 0.271 e. The minimum Gasteiger partial charge on any atom is -0.271 e. The second kappa shape index (κ2) is 10.0. The van der Waals surface area contributed by atoms with Gasteiger partial charge in [-0.15, -0.1) is 12.3 Å². The Labute approximate surface area is 95.0 Å². The van der Waals surface area contributed by atoms with E-state index in [9.17, 15) is 0 Å². The highest BCUT2D eigenvalue weighted by atomic mass is 15.2.